The van der Waals surface area contributed by atoms with Crippen molar-refractivity contribution in [3.05, 3.63) is 23.1 Å². The fourth-order valence-corrected chi connectivity index (χ4v) is 1.29. The van der Waals surface area contributed by atoms with Gasteiger partial charge in [0.2, 0.25) is 0 Å². The molecule has 3 nitrogen and oxygen atoms in total. The van der Waals surface area contributed by atoms with Gasteiger partial charge in [-0.15, -0.1) is 0 Å². The van der Waals surface area contributed by atoms with Crippen molar-refractivity contribution >= 4 is 23.4 Å². The molecule has 2 aromatic rings. The molecule has 0 saturated heterocycles. The van der Waals surface area contributed by atoms with Crippen molar-refractivity contribution < 1.29 is 13.6 Å². The molecule has 0 fully saturated rings. The average molecular weight is 196 g/mol. The van der Waals surface area contributed by atoms with Gasteiger partial charge in [-0.2, -0.15) is 0 Å². The predicted octanol–water partition coefficient (Wildman–Crippen LogP) is 3.15. The molecule has 0 saturated carbocycles. The third-order valence-electron chi connectivity index (χ3n) is 1.61. The highest BCUT2D eigenvalue weighted by Crippen LogP contribution is 2.22. The Balaban J connectivity index is 2.54. The molecule has 0 spiro atoms. The van der Waals surface area contributed by atoms with Crippen molar-refractivity contribution in [2.45, 2.75) is 6.92 Å². The van der Waals surface area contributed by atoms with Crippen molar-refractivity contribution in [1.82, 2.24) is 0 Å². The fraction of sp³-hybridized carbons (Fsp3) is 0.222. The van der Waals surface area contributed by atoms with E-state index in [0.717, 1.165) is 5.75 Å². The summed E-state index contributed by atoms with van der Waals surface area (Å²) >= 11 is 4.75. The van der Waals surface area contributed by atoms with Crippen LogP contribution < -0.4 is 4.74 Å². The van der Waals surface area contributed by atoms with E-state index in [2.05, 4.69) is 0 Å². The monoisotopic (exact) mass is 196 g/mol. The van der Waals surface area contributed by atoms with Gasteiger partial charge in [-0.05, 0) is 19.1 Å². The molecule has 13 heavy (non-hydrogen) atoms. The molecule has 4 heteroatoms. The zero-order valence-electron chi connectivity index (χ0n) is 7.07. The SMILES string of the molecule is CCOc1ccc2oc(=S)oc2c1. The maximum atomic E-state index is 5.29. The van der Waals surface area contributed by atoms with Crippen LogP contribution in [0.4, 0.5) is 0 Å². The van der Waals surface area contributed by atoms with Gasteiger partial charge < -0.3 is 13.6 Å². The predicted molar refractivity (Wildman–Crippen MR) is 50.5 cm³/mol. The molecule has 1 heterocycles. The molecular formula is C9H8O3S. The number of rotatable bonds is 2. The molecule has 0 aliphatic rings. The summed E-state index contributed by atoms with van der Waals surface area (Å²) in [5.74, 6) is 0.759. The molecule has 68 valence electrons. The van der Waals surface area contributed by atoms with E-state index >= 15 is 0 Å². The Kier molecular flexibility index (Phi) is 2.06. The van der Waals surface area contributed by atoms with Crippen LogP contribution in [0.1, 0.15) is 6.92 Å². The summed E-state index contributed by atoms with van der Waals surface area (Å²) < 4.78 is 15.5. The van der Waals surface area contributed by atoms with Crippen LogP contribution in [-0.2, 0) is 0 Å². The van der Waals surface area contributed by atoms with Gasteiger partial charge in [0.25, 0.3) is 0 Å². The van der Waals surface area contributed by atoms with E-state index in [1.807, 2.05) is 13.0 Å². The largest absolute Gasteiger partial charge is 0.494 e. The maximum Gasteiger partial charge on any atom is 0.363 e. The van der Waals surface area contributed by atoms with Crippen molar-refractivity contribution in [2.75, 3.05) is 6.61 Å². The van der Waals surface area contributed by atoms with Gasteiger partial charge in [0, 0.05) is 18.3 Å². The summed E-state index contributed by atoms with van der Waals surface area (Å²) in [4.78, 5) is 0.142. The summed E-state index contributed by atoms with van der Waals surface area (Å²) in [7, 11) is 0. The summed E-state index contributed by atoms with van der Waals surface area (Å²) in [6.07, 6.45) is 0. The van der Waals surface area contributed by atoms with Gasteiger partial charge >= 0.3 is 4.90 Å². The molecule has 1 aromatic carbocycles. The first kappa shape index (κ1) is 8.31. The second-order valence-corrected chi connectivity index (χ2v) is 2.83. The van der Waals surface area contributed by atoms with Gasteiger partial charge in [0.1, 0.15) is 5.75 Å². The highest BCUT2D eigenvalue weighted by Gasteiger charge is 2.02. The first-order valence-corrected chi connectivity index (χ1v) is 4.37. The Morgan fingerprint density at radius 3 is 2.85 bits per heavy atom. The van der Waals surface area contributed by atoms with Gasteiger partial charge in [0.15, 0.2) is 11.2 Å². The maximum absolute atomic E-state index is 5.29. The number of ether oxygens (including phenoxy) is 1. The van der Waals surface area contributed by atoms with Crippen LogP contribution in [0.15, 0.2) is 27.0 Å². The zero-order chi connectivity index (χ0) is 9.26. The Morgan fingerprint density at radius 2 is 2.08 bits per heavy atom. The minimum Gasteiger partial charge on any atom is -0.494 e. The van der Waals surface area contributed by atoms with Gasteiger partial charge in [0.05, 0.1) is 6.61 Å². The smallest absolute Gasteiger partial charge is 0.363 e. The Labute approximate surface area is 79.9 Å². The lowest BCUT2D eigenvalue weighted by atomic mass is 10.3. The van der Waals surface area contributed by atoms with Crippen molar-refractivity contribution in [3.8, 4) is 5.75 Å². The number of hydrogen-bond donors (Lipinski definition) is 0. The van der Waals surface area contributed by atoms with E-state index < -0.39 is 0 Å². The van der Waals surface area contributed by atoms with Crippen molar-refractivity contribution in [3.63, 3.8) is 0 Å². The summed E-state index contributed by atoms with van der Waals surface area (Å²) in [5, 5.41) is 0. The molecule has 0 atom stereocenters. The second-order valence-electron chi connectivity index (χ2n) is 2.50. The van der Waals surface area contributed by atoms with E-state index in [-0.39, 0.29) is 4.90 Å². The van der Waals surface area contributed by atoms with Crippen molar-refractivity contribution in [2.24, 2.45) is 0 Å². The van der Waals surface area contributed by atoms with E-state index in [4.69, 9.17) is 25.8 Å². The van der Waals surface area contributed by atoms with E-state index in [1.54, 1.807) is 12.1 Å². The van der Waals surface area contributed by atoms with E-state index in [9.17, 15) is 0 Å². The third kappa shape index (κ3) is 1.58. The normalized spacial score (nSPS) is 10.5. The molecule has 0 aliphatic heterocycles. The molecule has 0 unspecified atom stereocenters. The quantitative estimate of drug-likeness (QED) is 0.691. The first-order valence-electron chi connectivity index (χ1n) is 3.96. The van der Waals surface area contributed by atoms with Crippen molar-refractivity contribution in [1.29, 1.82) is 0 Å². The van der Waals surface area contributed by atoms with Crippen LogP contribution in [-0.4, -0.2) is 6.61 Å². The molecule has 0 radical (unpaired) electrons. The highest BCUT2D eigenvalue weighted by atomic mass is 32.1. The second kappa shape index (κ2) is 3.22. The van der Waals surface area contributed by atoms with E-state index in [0.29, 0.717) is 17.8 Å². The minimum atomic E-state index is 0.142. The van der Waals surface area contributed by atoms with Crippen LogP contribution in [0, 0.1) is 4.90 Å². The van der Waals surface area contributed by atoms with Gasteiger partial charge in [-0.1, -0.05) is 0 Å². The molecule has 0 bridgehead atoms. The number of fused-ring (bicyclic) bond motifs is 1. The third-order valence-corrected chi connectivity index (χ3v) is 1.78. The molecule has 0 aliphatic carbocycles. The van der Waals surface area contributed by atoms with Crippen LogP contribution in [0.25, 0.3) is 11.2 Å². The van der Waals surface area contributed by atoms with Gasteiger partial charge in [-0.3, -0.25) is 0 Å². The Bertz CT molecular complexity index is 469. The topological polar surface area (TPSA) is 35.5 Å². The Hall–Kier alpha value is -1.29. The lowest BCUT2D eigenvalue weighted by Gasteiger charge is -1.99. The minimum absolute atomic E-state index is 0.142. The number of hydrogen-bond acceptors (Lipinski definition) is 4. The van der Waals surface area contributed by atoms with Crippen LogP contribution in [0.5, 0.6) is 5.75 Å². The van der Waals surface area contributed by atoms with Crippen LogP contribution >= 0.6 is 12.2 Å². The molecule has 0 N–H and O–H groups in total. The lowest BCUT2D eigenvalue weighted by Crippen LogP contribution is -1.89. The standard InChI is InChI=1S/C9H8O3S/c1-2-10-6-3-4-7-8(5-6)12-9(13)11-7/h3-5H,2H2,1H3. The summed E-state index contributed by atoms with van der Waals surface area (Å²) in [5.41, 5.74) is 1.27. The summed E-state index contributed by atoms with van der Waals surface area (Å²) in [6, 6.07) is 5.36. The highest BCUT2D eigenvalue weighted by molar-refractivity contribution is 7.71. The fourth-order valence-electron chi connectivity index (χ4n) is 1.11. The van der Waals surface area contributed by atoms with Gasteiger partial charge in [-0.25, -0.2) is 0 Å². The first-order chi connectivity index (χ1) is 6.29. The van der Waals surface area contributed by atoms with E-state index in [1.165, 1.54) is 0 Å². The number of benzene rings is 1. The molecule has 0 amide bonds. The van der Waals surface area contributed by atoms with Crippen LogP contribution in [0.3, 0.4) is 0 Å². The summed E-state index contributed by atoms with van der Waals surface area (Å²) in [6.45, 7) is 2.55. The molecule has 1 aromatic heterocycles. The Morgan fingerprint density at radius 1 is 1.31 bits per heavy atom. The van der Waals surface area contributed by atoms with Crippen LogP contribution in [0.2, 0.25) is 0 Å². The molecule has 2 rings (SSSR count). The molecular weight excluding hydrogens is 188 g/mol. The zero-order valence-corrected chi connectivity index (χ0v) is 7.89. The average Bonchev–Trinajstić information content (AvgIpc) is 2.44. The lowest BCUT2D eigenvalue weighted by molar-refractivity contribution is 0.340.